The first-order chi connectivity index (χ1) is 17.3. The molecule has 186 valence electrons. The number of hydrogen-bond donors (Lipinski definition) is 0. The second-order valence-corrected chi connectivity index (χ2v) is 10.3. The summed E-state index contributed by atoms with van der Waals surface area (Å²) in [6.07, 6.45) is 1.80. The fourth-order valence-corrected chi connectivity index (χ4v) is 5.57. The van der Waals surface area contributed by atoms with Crippen LogP contribution in [0.15, 0.2) is 30.3 Å². The predicted molar refractivity (Wildman–Crippen MR) is 136 cm³/mol. The van der Waals surface area contributed by atoms with Crippen molar-refractivity contribution in [3.8, 4) is 0 Å². The van der Waals surface area contributed by atoms with Crippen molar-refractivity contribution in [2.24, 2.45) is 0 Å². The molecule has 2 aliphatic heterocycles. The molecule has 6 rings (SSSR count). The molecule has 0 unspecified atom stereocenters. The minimum atomic E-state index is -0.394. The Morgan fingerprint density at radius 2 is 1.81 bits per heavy atom. The van der Waals surface area contributed by atoms with Crippen molar-refractivity contribution in [3.05, 3.63) is 69.5 Å². The van der Waals surface area contributed by atoms with Gasteiger partial charge in [-0.3, -0.25) is 9.69 Å². The molecule has 0 N–H and O–H groups in total. The Balaban J connectivity index is 1.57. The van der Waals surface area contributed by atoms with Crippen LogP contribution in [-0.4, -0.2) is 48.5 Å². The molecule has 1 amide bonds. The van der Waals surface area contributed by atoms with Crippen LogP contribution in [0.1, 0.15) is 83.6 Å². The Hall–Kier alpha value is -3.30. The van der Waals surface area contributed by atoms with Gasteiger partial charge in [0.1, 0.15) is 11.9 Å². The lowest BCUT2D eigenvalue weighted by molar-refractivity contribution is 0.0824. The molecule has 4 aromatic rings. The highest BCUT2D eigenvalue weighted by Crippen LogP contribution is 2.44. The van der Waals surface area contributed by atoms with Crippen molar-refractivity contribution in [1.29, 1.82) is 0 Å². The Bertz CT molecular complexity index is 1470. The van der Waals surface area contributed by atoms with Crippen LogP contribution in [0, 0.1) is 13.8 Å². The number of nitrogens with zero attached hydrogens (tertiary/aromatic N) is 7. The first kappa shape index (κ1) is 23.1. The normalized spacial score (nSPS) is 18.6. The Morgan fingerprint density at radius 3 is 2.50 bits per heavy atom. The zero-order valence-electron chi connectivity index (χ0n) is 20.8. The Morgan fingerprint density at radius 1 is 1.08 bits per heavy atom. The highest BCUT2D eigenvalue weighted by Gasteiger charge is 2.46. The van der Waals surface area contributed by atoms with Gasteiger partial charge in [0, 0.05) is 30.2 Å². The van der Waals surface area contributed by atoms with E-state index in [1.54, 1.807) is 9.42 Å². The molecule has 5 heterocycles. The number of imidazole rings is 1. The van der Waals surface area contributed by atoms with Gasteiger partial charge >= 0.3 is 0 Å². The van der Waals surface area contributed by atoms with Crippen molar-refractivity contribution in [3.63, 3.8) is 0 Å². The first-order valence-electron chi connectivity index (χ1n) is 12.3. The SMILES string of the molecule is Cc1cc(N2C(=O)c3nc(C4CCOCC4)n(C(C)C)c3[C@H]2c2ccc(Cl)cc2)nn2c(C)nnc12. The van der Waals surface area contributed by atoms with Gasteiger partial charge in [0.05, 0.1) is 5.69 Å². The standard InChI is InChI=1S/C26H28ClN7O2/c1-14(2)32-23-21(28-25(32)18-9-11-36-12-10-18)26(35)33(22(23)17-5-7-19(27)8-6-17)20-13-15(3)24-30-29-16(4)34(24)31-20/h5-8,13-14,18,22H,9-12H2,1-4H3/t22-/m1/s1. The molecule has 1 saturated heterocycles. The molecule has 9 nitrogen and oxygen atoms in total. The Kier molecular flexibility index (Phi) is 5.57. The minimum absolute atomic E-state index is 0.124. The number of carbonyl (C=O) groups is 1. The third-order valence-corrected chi connectivity index (χ3v) is 7.40. The maximum absolute atomic E-state index is 14.1. The summed E-state index contributed by atoms with van der Waals surface area (Å²) in [5, 5.41) is 13.8. The van der Waals surface area contributed by atoms with E-state index in [9.17, 15) is 4.79 Å². The van der Waals surface area contributed by atoms with E-state index in [0.29, 0.717) is 41.2 Å². The second kappa shape index (κ2) is 8.67. The lowest BCUT2D eigenvalue weighted by Gasteiger charge is -2.30. The molecule has 10 heteroatoms. The summed E-state index contributed by atoms with van der Waals surface area (Å²) in [6, 6.07) is 9.30. The summed E-state index contributed by atoms with van der Waals surface area (Å²) in [4.78, 5) is 20.9. The average Bonchev–Trinajstić information content (AvgIpc) is 3.52. The number of aryl methyl sites for hydroxylation is 2. The monoisotopic (exact) mass is 505 g/mol. The third kappa shape index (κ3) is 3.52. The van der Waals surface area contributed by atoms with Gasteiger partial charge < -0.3 is 9.30 Å². The number of ether oxygens (including phenoxy) is 1. The number of carbonyl (C=O) groups excluding carboxylic acids is 1. The summed E-state index contributed by atoms with van der Waals surface area (Å²) in [5.41, 5.74) is 3.91. The van der Waals surface area contributed by atoms with Crippen molar-refractivity contribution < 1.29 is 9.53 Å². The van der Waals surface area contributed by atoms with Crippen LogP contribution in [0.25, 0.3) is 5.65 Å². The molecule has 0 bridgehead atoms. The Labute approximate surface area is 214 Å². The molecule has 0 radical (unpaired) electrons. The average molecular weight is 506 g/mol. The van der Waals surface area contributed by atoms with Crippen molar-refractivity contribution in [2.75, 3.05) is 18.1 Å². The van der Waals surface area contributed by atoms with E-state index in [1.807, 2.05) is 44.2 Å². The highest BCUT2D eigenvalue weighted by atomic mass is 35.5. The van der Waals surface area contributed by atoms with Crippen LogP contribution in [0.3, 0.4) is 0 Å². The van der Waals surface area contributed by atoms with Gasteiger partial charge in [0.2, 0.25) is 0 Å². The molecule has 0 aliphatic carbocycles. The maximum atomic E-state index is 14.1. The van der Waals surface area contributed by atoms with Crippen LogP contribution < -0.4 is 4.90 Å². The molecule has 36 heavy (non-hydrogen) atoms. The number of amides is 1. The van der Waals surface area contributed by atoms with Gasteiger partial charge in [-0.25, -0.2) is 4.98 Å². The molecule has 3 aromatic heterocycles. The van der Waals surface area contributed by atoms with Crippen LogP contribution in [0.5, 0.6) is 0 Å². The van der Waals surface area contributed by atoms with Crippen LogP contribution in [0.4, 0.5) is 5.82 Å². The highest BCUT2D eigenvalue weighted by molar-refractivity contribution is 6.30. The van der Waals surface area contributed by atoms with E-state index in [0.717, 1.165) is 35.5 Å². The second-order valence-electron chi connectivity index (χ2n) is 9.85. The summed E-state index contributed by atoms with van der Waals surface area (Å²) >= 11 is 6.24. The molecule has 2 aliphatic rings. The third-order valence-electron chi connectivity index (χ3n) is 7.15. The topological polar surface area (TPSA) is 90.4 Å². The van der Waals surface area contributed by atoms with E-state index < -0.39 is 6.04 Å². The number of fused-ring (bicyclic) bond motifs is 2. The molecule has 0 spiro atoms. The largest absolute Gasteiger partial charge is 0.381 e. The number of anilines is 1. The van der Waals surface area contributed by atoms with Gasteiger partial charge in [-0.1, -0.05) is 23.7 Å². The molecular weight excluding hydrogens is 478 g/mol. The van der Waals surface area contributed by atoms with Crippen molar-refractivity contribution in [1.82, 2.24) is 29.4 Å². The number of aromatic nitrogens is 6. The van der Waals surface area contributed by atoms with E-state index in [2.05, 4.69) is 28.6 Å². The first-order valence-corrected chi connectivity index (χ1v) is 12.7. The fourth-order valence-electron chi connectivity index (χ4n) is 5.44. The van der Waals surface area contributed by atoms with E-state index in [4.69, 9.17) is 26.4 Å². The van der Waals surface area contributed by atoms with Crippen LogP contribution in [-0.2, 0) is 4.74 Å². The number of halogens is 1. The predicted octanol–water partition coefficient (Wildman–Crippen LogP) is 4.82. The van der Waals surface area contributed by atoms with Crippen LogP contribution in [0.2, 0.25) is 5.02 Å². The van der Waals surface area contributed by atoms with E-state index in [1.165, 1.54) is 0 Å². The quantitative estimate of drug-likeness (QED) is 0.395. The number of hydrogen-bond acceptors (Lipinski definition) is 6. The summed E-state index contributed by atoms with van der Waals surface area (Å²) < 4.78 is 9.55. The molecular formula is C26H28ClN7O2. The molecule has 1 aromatic carbocycles. The zero-order chi connectivity index (χ0) is 25.1. The lowest BCUT2D eigenvalue weighted by Crippen LogP contribution is -2.32. The summed E-state index contributed by atoms with van der Waals surface area (Å²) in [6.45, 7) is 9.51. The molecule has 1 atom stereocenters. The number of benzene rings is 1. The van der Waals surface area contributed by atoms with Gasteiger partial charge in [-0.15, -0.1) is 15.3 Å². The van der Waals surface area contributed by atoms with Gasteiger partial charge in [0.25, 0.3) is 5.91 Å². The van der Waals surface area contributed by atoms with Crippen molar-refractivity contribution in [2.45, 2.75) is 58.5 Å². The van der Waals surface area contributed by atoms with Crippen LogP contribution >= 0.6 is 11.6 Å². The maximum Gasteiger partial charge on any atom is 0.280 e. The summed E-state index contributed by atoms with van der Waals surface area (Å²) in [7, 11) is 0. The van der Waals surface area contributed by atoms with Crippen molar-refractivity contribution >= 4 is 29.0 Å². The van der Waals surface area contributed by atoms with Gasteiger partial charge in [-0.05, 0) is 69.9 Å². The van der Waals surface area contributed by atoms with E-state index >= 15 is 0 Å². The summed E-state index contributed by atoms with van der Waals surface area (Å²) in [5.74, 6) is 2.27. The minimum Gasteiger partial charge on any atom is -0.381 e. The number of rotatable bonds is 4. The van der Waals surface area contributed by atoms with E-state index in [-0.39, 0.29) is 17.9 Å². The molecule has 0 saturated carbocycles. The fraction of sp³-hybridized carbons (Fsp3) is 0.423. The lowest BCUT2D eigenvalue weighted by atomic mass is 9.98. The smallest absolute Gasteiger partial charge is 0.280 e. The molecule has 1 fully saturated rings. The van der Waals surface area contributed by atoms with Gasteiger partial charge in [0.15, 0.2) is 23.0 Å². The van der Waals surface area contributed by atoms with Gasteiger partial charge in [-0.2, -0.15) is 4.52 Å². The zero-order valence-corrected chi connectivity index (χ0v) is 21.5.